The van der Waals surface area contributed by atoms with Crippen LogP contribution in [0.15, 0.2) is 12.3 Å². The average Bonchev–Trinajstić information content (AvgIpc) is 2.29. The fourth-order valence-corrected chi connectivity index (χ4v) is 1.34. The molecule has 5 heteroatoms. The Morgan fingerprint density at radius 2 is 2.00 bits per heavy atom. The molecule has 0 saturated heterocycles. The molecule has 17 heavy (non-hydrogen) atoms. The predicted molar refractivity (Wildman–Crippen MR) is 65.9 cm³/mol. The van der Waals surface area contributed by atoms with Crippen molar-refractivity contribution in [3.05, 3.63) is 23.4 Å². The lowest BCUT2D eigenvalue weighted by Gasteiger charge is -2.19. The van der Waals surface area contributed by atoms with Crippen LogP contribution in [0, 0.1) is 6.92 Å². The highest BCUT2D eigenvalue weighted by Gasteiger charge is 2.31. The van der Waals surface area contributed by atoms with Crippen molar-refractivity contribution in [2.45, 2.75) is 33.2 Å². The Hall–Kier alpha value is -1.75. The van der Waals surface area contributed by atoms with E-state index in [4.69, 9.17) is 5.73 Å². The van der Waals surface area contributed by atoms with Gasteiger partial charge in [-0.05, 0) is 18.6 Å². The first-order valence-corrected chi connectivity index (χ1v) is 5.58. The molecule has 1 atom stereocenters. The Balaban J connectivity index is 0.000000437. The summed E-state index contributed by atoms with van der Waals surface area (Å²) < 4.78 is 0. The fourth-order valence-electron chi connectivity index (χ4n) is 1.34. The summed E-state index contributed by atoms with van der Waals surface area (Å²) in [5, 5.41) is 2.47. The summed E-state index contributed by atoms with van der Waals surface area (Å²) in [4.78, 5) is 26.7. The summed E-state index contributed by atoms with van der Waals surface area (Å²) in [6.07, 6.45) is 2.84. The number of rotatable bonds is 0. The molecule has 1 aromatic heterocycles. The number of aromatic nitrogens is 1. The van der Waals surface area contributed by atoms with Crippen molar-refractivity contribution in [1.82, 2.24) is 4.98 Å². The summed E-state index contributed by atoms with van der Waals surface area (Å²) in [7, 11) is 0. The van der Waals surface area contributed by atoms with Crippen LogP contribution in [0.25, 0.3) is 0 Å². The lowest BCUT2D eigenvalue weighted by molar-refractivity contribution is -0.116. The van der Waals surface area contributed by atoms with E-state index < -0.39 is 11.9 Å². The van der Waals surface area contributed by atoms with Crippen LogP contribution in [0.2, 0.25) is 0 Å². The van der Waals surface area contributed by atoms with Crippen LogP contribution in [0.1, 0.15) is 36.2 Å². The number of anilines is 1. The van der Waals surface area contributed by atoms with Crippen LogP contribution in [-0.4, -0.2) is 22.7 Å². The van der Waals surface area contributed by atoms with Gasteiger partial charge in [-0.2, -0.15) is 0 Å². The Labute approximate surface area is 100 Å². The lowest BCUT2D eigenvalue weighted by Crippen LogP contribution is -2.46. The molecule has 3 N–H and O–H groups in total. The second-order valence-electron chi connectivity index (χ2n) is 3.95. The zero-order valence-corrected chi connectivity index (χ0v) is 10.3. The van der Waals surface area contributed by atoms with Gasteiger partial charge in [0.05, 0.1) is 5.56 Å². The first kappa shape index (κ1) is 13.3. The Bertz CT molecular complexity index is 443. The van der Waals surface area contributed by atoms with E-state index in [1.54, 1.807) is 12.3 Å². The summed E-state index contributed by atoms with van der Waals surface area (Å²) in [6, 6.07) is 0.565. The zero-order valence-electron chi connectivity index (χ0n) is 10.3. The number of Topliss-reactive ketones (excluding diaryl/α,β-unsaturated/α-hetero) is 1. The molecular formula is C12H17N3O2. The van der Waals surface area contributed by atoms with Gasteiger partial charge in [-0.15, -0.1) is 0 Å². The first-order chi connectivity index (χ1) is 8.01. The smallest absolute Gasteiger partial charge is 0.250 e. The number of nitrogens with one attached hydrogen (secondary N) is 1. The molecule has 2 rings (SSSR count). The van der Waals surface area contributed by atoms with Crippen LogP contribution in [0.4, 0.5) is 5.82 Å². The highest BCUT2D eigenvalue weighted by molar-refractivity contribution is 6.22. The molecule has 92 valence electrons. The molecule has 1 amide bonds. The van der Waals surface area contributed by atoms with Gasteiger partial charge in [0.25, 0.3) is 5.91 Å². The lowest BCUT2D eigenvalue weighted by atomic mass is 10.00. The SMILES string of the molecule is CCC.Cc1cnc2c(c1)C(=O)C(N)C(=O)N2. The molecule has 5 nitrogen and oxygen atoms in total. The van der Waals surface area contributed by atoms with Crippen LogP contribution < -0.4 is 11.1 Å². The molecule has 1 unspecified atom stereocenters. The van der Waals surface area contributed by atoms with Gasteiger partial charge in [0.2, 0.25) is 0 Å². The minimum absolute atomic E-state index is 0.298. The largest absolute Gasteiger partial charge is 0.313 e. The van der Waals surface area contributed by atoms with Gasteiger partial charge in [-0.1, -0.05) is 20.3 Å². The van der Waals surface area contributed by atoms with Crippen LogP contribution in [0.3, 0.4) is 0 Å². The molecule has 0 bridgehead atoms. The van der Waals surface area contributed by atoms with Crippen LogP contribution >= 0.6 is 0 Å². The second-order valence-corrected chi connectivity index (χ2v) is 3.95. The van der Waals surface area contributed by atoms with Crippen molar-refractivity contribution in [2.24, 2.45) is 5.73 Å². The Morgan fingerprint density at radius 1 is 1.41 bits per heavy atom. The maximum Gasteiger partial charge on any atom is 0.250 e. The first-order valence-electron chi connectivity index (χ1n) is 5.58. The topological polar surface area (TPSA) is 85.1 Å². The highest BCUT2D eigenvalue weighted by Crippen LogP contribution is 2.19. The molecule has 1 aromatic rings. The van der Waals surface area contributed by atoms with Crippen LogP contribution in [0.5, 0.6) is 0 Å². The molecule has 0 spiro atoms. The number of ketones is 1. The maximum atomic E-state index is 11.6. The number of amides is 1. The van der Waals surface area contributed by atoms with Crippen molar-refractivity contribution in [1.29, 1.82) is 0 Å². The molecule has 1 aliphatic heterocycles. The van der Waals surface area contributed by atoms with Crippen molar-refractivity contribution in [2.75, 3.05) is 5.32 Å². The number of nitrogens with zero attached hydrogens (tertiary/aromatic N) is 1. The summed E-state index contributed by atoms with van der Waals surface area (Å²) in [5.41, 5.74) is 6.65. The number of fused-ring (bicyclic) bond motifs is 1. The van der Waals surface area contributed by atoms with E-state index in [0.29, 0.717) is 11.4 Å². The molecule has 0 aromatic carbocycles. The molecule has 0 saturated carbocycles. The molecule has 2 heterocycles. The third kappa shape index (κ3) is 2.88. The summed E-state index contributed by atoms with van der Waals surface area (Å²) >= 11 is 0. The van der Waals surface area contributed by atoms with Gasteiger partial charge in [-0.3, -0.25) is 9.59 Å². The van der Waals surface area contributed by atoms with E-state index >= 15 is 0 Å². The minimum Gasteiger partial charge on any atom is -0.313 e. The van der Waals surface area contributed by atoms with E-state index in [9.17, 15) is 9.59 Å². The Morgan fingerprint density at radius 3 is 2.59 bits per heavy atom. The standard InChI is InChI=1S/C9H9N3O2.C3H8/c1-4-2-5-7(13)6(10)9(14)12-8(5)11-3-4;1-3-2/h2-3,6H,10H2,1H3,(H,11,12,14);3H2,1-2H3. The van der Waals surface area contributed by atoms with E-state index in [2.05, 4.69) is 24.1 Å². The number of hydrogen-bond acceptors (Lipinski definition) is 4. The van der Waals surface area contributed by atoms with Gasteiger partial charge in [0.15, 0.2) is 5.78 Å². The number of aryl methyl sites for hydroxylation is 1. The third-order valence-corrected chi connectivity index (χ3v) is 2.10. The quantitative estimate of drug-likeness (QED) is 0.663. The van der Waals surface area contributed by atoms with Gasteiger partial charge >= 0.3 is 0 Å². The fraction of sp³-hybridized carbons (Fsp3) is 0.417. The maximum absolute atomic E-state index is 11.6. The van der Waals surface area contributed by atoms with Crippen molar-refractivity contribution in [3.63, 3.8) is 0 Å². The van der Waals surface area contributed by atoms with Gasteiger partial charge in [0, 0.05) is 6.20 Å². The number of carbonyl (C=O) groups excluding carboxylic acids is 2. The molecule has 0 fully saturated rings. The second kappa shape index (κ2) is 5.54. The highest BCUT2D eigenvalue weighted by atomic mass is 16.2. The van der Waals surface area contributed by atoms with Crippen molar-refractivity contribution < 1.29 is 9.59 Å². The zero-order chi connectivity index (χ0) is 13.0. The van der Waals surface area contributed by atoms with Gasteiger partial charge in [0.1, 0.15) is 11.9 Å². The predicted octanol–water partition coefficient (Wildman–Crippen LogP) is 1.27. The number of carbonyl (C=O) groups is 2. The van der Waals surface area contributed by atoms with E-state index in [1.807, 2.05) is 6.92 Å². The minimum atomic E-state index is -1.11. The molecule has 0 aliphatic carbocycles. The molecule has 0 radical (unpaired) electrons. The van der Waals surface area contributed by atoms with Gasteiger partial charge in [-0.25, -0.2) is 4.98 Å². The monoisotopic (exact) mass is 235 g/mol. The normalized spacial score (nSPS) is 17.8. The van der Waals surface area contributed by atoms with Crippen molar-refractivity contribution in [3.8, 4) is 0 Å². The van der Waals surface area contributed by atoms with E-state index in [1.165, 1.54) is 6.42 Å². The summed E-state index contributed by atoms with van der Waals surface area (Å²) in [5.74, 6) is -0.578. The van der Waals surface area contributed by atoms with Crippen molar-refractivity contribution >= 4 is 17.5 Å². The third-order valence-electron chi connectivity index (χ3n) is 2.10. The van der Waals surface area contributed by atoms with E-state index in [0.717, 1.165) is 5.56 Å². The summed E-state index contributed by atoms with van der Waals surface area (Å²) in [6.45, 7) is 6.07. The average molecular weight is 235 g/mol. The molecule has 1 aliphatic rings. The van der Waals surface area contributed by atoms with E-state index in [-0.39, 0.29) is 5.78 Å². The molecular weight excluding hydrogens is 218 g/mol. The number of hydrogen-bond donors (Lipinski definition) is 2. The van der Waals surface area contributed by atoms with Gasteiger partial charge < -0.3 is 11.1 Å². The number of pyridine rings is 1. The number of nitrogens with two attached hydrogens (primary N) is 1. The Kier molecular flexibility index (Phi) is 4.34. The van der Waals surface area contributed by atoms with Crippen LogP contribution in [-0.2, 0) is 4.79 Å².